The van der Waals surface area contributed by atoms with Crippen LogP contribution in [-0.4, -0.2) is 5.91 Å². The van der Waals surface area contributed by atoms with Gasteiger partial charge in [0.05, 0.1) is 0 Å². The van der Waals surface area contributed by atoms with E-state index in [1.54, 1.807) is 6.92 Å². The first kappa shape index (κ1) is 14.2. The van der Waals surface area contributed by atoms with E-state index >= 15 is 0 Å². The van der Waals surface area contributed by atoms with Crippen LogP contribution in [0.2, 0.25) is 0 Å². The Labute approximate surface area is 93.9 Å². The molecule has 0 aromatic rings. The Hall–Kier alpha value is -0.790. The van der Waals surface area contributed by atoms with Crippen LogP contribution >= 0.6 is 0 Å². The molecule has 2 heteroatoms. The zero-order chi connectivity index (χ0) is 11.9. The normalized spacial score (nSPS) is 12.9. The van der Waals surface area contributed by atoms with Gasteiger partial charge in [-0.1, -0.05) is 39.7 Å². The Kier molecular flexibility index (Phi) is 6.30. The highest BCUT2D eigenvalue weighted by molar-refractivity contribution is 5.91. The molecule has 15 heavy (non-hydrogen) atoms. The Morgan fingerprint density at radius 3 is 2.27 bits per heavy atom. The van der Waals surface area contributed by atoms with Crippen LogP contribution < -0.4 is 5.73 Å². The third-order valence-corrected chi connectivity index (χ3v) is 2.47. The summed E-state index contributed by atoms with van der Waals surface area (Å²) in [6.45, 7) is 8.58. The van der Waals surface area contributed by atoms with Crippen molar-refractivity contribution in [3.63, 3.8) is 0 Å². The molecular formula is C13H25NO. The van der Waals surface area contributed by atoms with E-state index in [0.717, 1.165) is 12.8 Å². The lowest BCUT2D eigenvalue weighted by Gasteiger charge is -2.17. The van der Waals surface area contributed by atoms with Crippen LogP contribution in [0.3, 0.4) is 0 Å². The van der Waals surface area contributed by atoms with Gasteiger partial charge in [0.1, 0.15) is 0 Å². The van der Waals surface area contributed by atoms with Crippen molar-refractivity contribution in [1.82, 2.24) is 0 Å². The number of carbonyl (C=O) groups excluding carboxylic acids is 1. The van der Waals surface area contributed by atoms with E-state index in [1.165, 1.54) is 19.3 Å². The molecule has 0 spiro atoms. The molecule has 2 nitrogen and oxygen atoms in total. The number of amides is 1. The number of primary amides is 1. The minimum atomic E-state index is -0.301. The van der Waals surface area contributed by atoms with Crippen LogP contribution in [0.25, 0.3) is 0 Å². The predicted octanol–water partition coefficient (Wildman–Crippen LogP) is 3.41. The molecule has 2 N–H and O–H groups in total. The summed E-state index contributed by atoms with van der Waals surface area (Å²) >= 11 is 0. The van der Waals surface area contributed by atoms with E-state index in [1.807, 2.05) is 6.08 Å². The molecule has 0 aliphatic heterocycles. The largest absolute Gasteiger partial charge is 0.366 e. The number of carbonyl (C=O) groups is 1. The molecule has 0 saturated heterocycles. The third kappa shape index (κ3) is 9.51. The molecule has 0 heterocycles. The highest BCUT2D eigenvalue weighted by atomic mass is 16.1. The van der Waals surface area contributed by atoms with Gasteiger partial charge in [-0.05, 0) is 31.6 Å². The molecule has 0 radical (unpaired) electrons. The smallest absolute Gasteiger partial charge is 0.244 e. The zero-order valence-corrected chi connectivity index (χ0v) is 10.6. The fourth-order valence-electron chi connectivity index (χ4n) is 1.40. The maximum Gasteiger partial charge on any atom is 0.244 e. The summed E-state index contributed by atoms with van der Waals surface area (Å²) in [6, 6.07) is 0. The van der Waals surface area contributed by atoms with Crippen LogP contribution in [-0.2, 0) is 4.79 Å². The maximum atomic E-state index is 10.7. The Bertz CT molecular complexity index is 223. The van der Waals surface area contributed by atoms with Crippen LogP contribution in [0.15, 0.2) is 11.6 Å². The molecule has 0 aromatic heterocycles. The van der Waals surface area contributed by atoms with Gasteiger partial charge in [-0.3, -0.25) is 4.79 Å². The van der Waals surface area contributed by atoms with Crippen molar-refractivity contribution in [1.29, 1.82) is 0 Å². The average Bonchev–Trinajstić information content (AvgIpc) is 2.08. The lowest BCUT2D eigenvalue weighted by atomic mass is 9.89. The van der Waals surface area contributed by atoms with Crippen molar-refractivity contribution in [3.05, 3.63) is 11.6 Å². The zero-order valence-electron chi connectivity index (χ0n) is 10.6. The van der Waals surface area contributed by atoms with Crippen LogP contribution in [0.5, 0.6) is 0 Å². The van der Waals surface area contributed by atoms with E-state index in [4.69, 9.17) is 5.73 Å². The van der Waals surface area contributed by atoms with Crippen molar-refractivity contribution in [2.24, 2.45) is 11.1 Å². The van der Waals surface area contributed by atoms with Gasteiger partial charge in [0.2, 0.25) is 5.91 Å². The molecule has 0 atom stereocenters. The SMILES string of the molecule is CC(=CCCCCCC(C)(C)C)C(N)=O. The van der Waals surface area contributed by atoms with Crippen LogP contribution in [0, 0.1) is 5.41 Å². The first-order valence-corrected chi connectivity index (χ1v) is 5.79. The van der Waals surface area contributed by atoms with E-state index in [-0.39, 0.29) is 5.91 Å². The van der Waals surface area contributed by atoms with Gasteiger partial charge in [-0.2, -0.15) is 0 Å². The van der Waals surface area contributed by atoms with Crippen LogP contribution in [0.4, 0.5) is 0 Å². The second-order valence-corrected chi connectivity index (χ2v) is 5.41. The molecule has 0 aliphatic rings. The number of rotatable bonds is 6. The standard InChI is InChI=1S/C13H25NO/c1-11(12(14)15)9-7-5-6-8-10-13(2,3)4/h9H,5-8,10H2,1-4H3,(H2,14,15). The molecule has 0 aromatic carbocycles. The minimum Gasteiger partial charge on any atom is -0.366 e. The highest BCUT2D eigenvalue weighted by Crippen LogP contribution is 2.22. The summed E-state index contributed by atoms with van der Waals surface area (Å²) in [5, 5.41) is 0. The number of allylic oxidation sites excluding steroid dienone is 1. The quantitative estimate of drug-likeness (QED) is 0.531. The van der Waals surface area contributed by atoms with E-state index in [0.29, 0.717) is 11.0 Å². The molecule has 0 unspecified atom stereocenters. The molecule has 0 fully saturated rings. The summed E-state index contributed by atoms with van der Waals surface area (Å²) in [7, 11) is 0. The fourth-order valence-corrected chi connectivity index (χ4v) is 1.40. The van der Waals surface area contributed by atoms with Crippen molar-refractivity contribution in [3.8, 4) is 0 Å². The molecule has 88 valence electrons. The summed E-state index contributed by atoms with van der Waals surface area (Å²) in [5.41, 5.74) is 6.26. The Morgan fingerprint density at radius 1 is 1.20 bits per heavy atom. The molecule has 0 saturated carbocycles. The fraction of sp³-hybridized carbons (Fsp3) is 0.769. The second kappa shape index (κ2) is 6.65. The van der Waals surface area contributed by atoms with E-state index in [9.17, 15) is 4.79 Å². The van der Waals surface area contributed by atoms with Gasteiger partial charge in [0, 0.05) is 5.57 Å². The maximum absolute atomic E-state index is 10.7. The Morgan fingerprint density at radius 2 is 1.80 bits per heavy atom. The van der Waals surface area contributed by atoms with Gasteiger partial charge in [-0.15, -0.1) is 0 Å². The van der Waals surface area contributed by atoms with Crippen LogP contribution in [0.1, 0.15) is 59.8 Å². The lowest BCUT2D eigenvalue weighted by molar-refractivity contribution is -0.114. The second-order valence-electron chi connectivity index (χ2n) is 5.41. The van der Waals surface area contributed by atoms with Gasteiger partial charge < -0.3 is 5.73 Å². The Balaban J connectivity index is 3.48. The van der Waals surface area contributed by atoms with E-state index in [2.05, 4.69) is 20.8 Å². The minimum absolute atomic E-state index is 0.301. The summed E-state index contributed by atoms with van der Waals surface area (Å²) in [5.74, 6) is -0.301. The summed E-state index contributed by atoms with van der Waals surface area (Å²) < 4.78 is 0. The first-order valence-electron chi connectivity index (χ1n) is 5.79. The summed E-state index contributed by atoms with van der Waals surface area (Å²) in [4.78, 5) is 10.7. The number of unbranched alkanes of at least 4 members (excludes halogenated alkanes) is 3. The lowest BCUT2D eigenvalue weighted by Crippen LogP contribution is -2.11. The van der Waals surface area contributed by atoms with Gasteiger partial charge in [0.15, 0.2) is 0 Å². The molecular weight excluding hydrogens is 186 g/mol. The third-order valence-electron chi connectivity index (χ3n) is 2.47. The van der Waals surface area contributed by atoms with Gasteiger partial charge >= 0.3 is 0 Å². The number of hydrogen-bond donors (Lipinski definition) is 1. The predicted molar refractivity (Wildman–Crippen MR) is 65.5 cm³/mol. The first-order chi connectivity index (χ1) is 6.83. The average molecular weight is 211 g/mol. The topological polar surface area (TPSA) is 43.1 Å². The summed E-state index contributed by atoms with van der Waals surface area (Å²) in [6.07, 6.45) is 7.84. The monoisotopic (exact) mass is 211 g/mol. The van der Waals surface area contributed by atoms with Gasteiger partial charge in [-0.25, -0.2) is 0 Å². The number of hydrogen-bond acceptors (Lipinski definition) is 1. The highest BCUT2D eigenvalue weighted by Gasteiger charge is 2.08. The number of nitrogens with two attached hydrogens (primary N) is 1. The molecule has 1 amide bonds. The molecule has 0 rings (SSSR count). The molecule has 0 bridgehead atoms. The van der Waals surface area contributed by atoms with Crippen molar-refractivity contribution >= 4 is 5.91 Å². The van der Waals surface area contributed by atoms with Gasteiger partial charge in [0.25, 0.3) is 0 Å². The van der Waals surface area contributed by atoms with Crippen molar-refractivity contribution in [2.75, 3.05) is 0 Å². The molecule has 0 aliphatic carbocycles. The van der Waals surface area contributed by atoms with Crippen molar-refractivity contribution < 1.29 is 4.79 Å². The van der Waals surface area contributed by atoms with E-state index < -0.39 is 0 Å². The van der Waals surface area contributed by atoms with Crippen molar-refractivity contribution in [2.45, 2.75) is 59.8 Å².